The first-order valence-corrected chi connectivity index (χ1v) is 6.08. The van der Waals surface area contributed by atoms with Crippen molar-refractivity contribution in [2.24, 2.45) is 0 Å². The quantitative estimate of drug-likeness (QED) is 0.865. The van der Waals surface area contributed by atoms with Gasteiger partial charge in [0.1, 0.15) is 0 Å². The number of carbonyl (C=O) groups excluding carboxylic acids is 1. The molecule has 1 atom stereocenters. The standard InChI is InChI=1S/C14H15N3O/c18-14(16-17-7-3-4-8-17)9-11-10-15-13-6-2-1-5-12(11)13/h1-8,11,15H,9-10H2,(H,16,18). The van der Waals surface area contributed by atoms with Crippen molar-refractivity contribution in [2.45, 2.75) is 12.3 Å². The van der Waals surface area contributed by atoms with Crippen LogP contribution in [-0.2, 0) is 4.79 Å². The van der Waals surface area contributed by atoms with E-state index in [-0.39, 0.29) is 11.8 Å². The van der Waals surface area contributed by atoms with Gasteiger partial charge in [0.2, 0.25) is 5.91 Å². The molecule has 1 aliphatic heterocycles. The minimum absolute atomic E-state index is 0.0368. The highest BCUT2D eigenvalue weighted by Crippen LogP contribution is 2.32. The number of nitrogens with zero attached hydrogens (tertiary/aromatic N) is 1. The number of carbonyl (C=O) groups is 1. The molecule has 1 amide bonds. The summed E-state index contributed by atoms with van der Waals surface area (Å²) in [5.41, 5.74) is 5.22. The van der Waals surface area contributed by atoms with Gasteiger partial charge >= 0.3 is 0 Å². The van der Waals surface area contributed by atoms with Crippen LogP contribution in [0.4, 0.5) is 5.69 Å². The Morgan fingerprint density at radius 1 is 1.28 bits per heavy atom. The summed E-state index contributed by atoms with van der Waals surface area (Å²) in [6.07, 6.45) is 4.14. The lowest BCUT2D eigenvalue weighted by molar-refractivity contribution is -0.117. The molecule has 0 bridgehead atoms. The van der Waals surface area contributed by atoms with Crippen LogP contribution in [0.3, 0.4) is 0 Å². The van der Waals surface area contributed by atoms with Gasteiger partial charge in [0.25, 0.3) is 0 Å². The van der Waals surface area contributed by atoms with Gasteiger partial charge in [-0.1, -0.05) is 18.2 Å². The summed E-state index contributed by atoms with van der Waals surface area (Å²) in [4.78, 5) is 11.9. The Kier molecular flexibility index (Phi) is 2.76. The molecule has 2 N–H and O–H groups in total. The second kappa shape index (κ2) is 4.56. The lowest BCUT2D eigenvalue weighted by Gasteiger charge is -2.11. The Bertz CT molecular complexity index is 548. The third-order valence-electron chi connectivity index (χ3n) is 3.23. The van der Waals surface area contributed by atoms with Crippen molar-refractivity contribution in [3.8, 4) is 0 Å². The van der Waals surface area contributed by atoms with Crippen LogP contribution in [0.25, 0.3) is 0 Å². The van der Waals surface area contributed by atoms with Crippen LogP contribution >= 0.6 is 0 Å². The maximum atomic E-state index is 11.9. The largest absolute Gasteiger partial charge is 0.384 e. The summed E-state index contributed by atoms with van der Waals surface area (Å²) in [5, 5.41) is 3.33. The second-order valence-corrected chi connectivity index (χ2v) is 4.49. The molecular formula is C14H15N3O. The number of rotatable bonds is 3. The molecule has 2 heterocycles. The van der Waals surface area contributed by atoms with Gasteiger partial charge in [-0.05, 0) is 23.8 Å². The number of anilines is 1. The van der Waals surface area contributed by atoms with Crippen molar-refractivity contribution < 1.29 is 4.79 Å². The lowest BCUT2D eigenvalue weighted by Crippen LogP contribution is -2.23. The predicted molar refractivity (Wildman–Crippen MR) is 71.1 cm³/mol. The normalized spacial score (nSPS) is 17.0. The Hall–Kier alpha value is -2.23. The van der Waals surface area contributed by atoms with E-state index in [2.05, 4.69) is 22.9 Å². The van der Waals surface area contributed by atoms with Gasteiger partial charge in [0.15, 0.2) is 0 Å². The fourth-order valence-electron chi connectivity index (χ4n) is 2.36. The summed E-state index contributed by atoms with van der Waals surface area (Å²) in [7, 11) is 0. The Morgan fingerprint density at radius 3 is 2.89 bits per heavy atom. The van der Waals surface area contributed by atoms with Crippen LogP contribution in [0.1, 0.15) is 17.9 Å². The van der Waals surface area contributed by atoms with E-state index < -0.39 is 0 Å². The zero-order valence-corrected chi connectivity index (χ0v) is 9.97. The van der Waals surface area contributed by atoms with Crippen molar-refractivity contribution in [3.05, 3.63) is 54.4 Å². The molecule has 0 spiro atoms. The molecule has 0 radical (unpaired) electrons. The van der Waals surface area contributed by atoms with Crippen molar-refractivity contribution in [2.75, 3.05) is 17.3 Å². The minimum Gasteiger partial charge on any atom is -0.384 e. The van der Waals surface area contributed by atoms with E-state index in [0.29, 0.717) is 6.42 Å². The maximum absolute atomic E-state index is 11.9. The highest BCUT2D eigenvalue weighted by Gasteiger charge is 2.23. The number of amides is 1. The van der Waals surface area contributed by atoms with Gasteiger partial charge < -0.3 is 5.32 Å². The van der Waals surface area contributed by atoms with Gasteiger partial charge in [-0.2, -0.15) is 0 Å². The van der Waals surface area contributed by atoms with Gasteiger partial charge in [-0.15, -0.1) is 0 Å². The van der Waals surface area contributed by atoms with E-state index >= 15 is 0 Å². The summed E-state index contributed by atoms with van der Waals surface area (Å²) in [6.45, 7) is 0.832. The molecule has 1 aromatic carbocycles. The molecule has 0 saturated heterocycles. The summed E-state index contributed by atoms with van der Waals surface area (Å²) >= 11 is 0. The smallest absolute Gasteiger partial charge is 0.239 e. The molecule has 1 aliphatic rings. The van der Waals surface area contributed by atoms with Gasteiger partial charge in [0, 0.05) is 37.0 Å². The third-order valence-corrected chi connectivity index (χ3v) is 3.23. The fourth-order valence-corrected chi connectivity index (χ4v) is 2.36. The molecule has 4 heteroatoms. The van der Waals surface area contributed by atoms with E-state index in [9.17, 15) is 4.79 Å². The Balaban J connectivity index is 1.66. The van der Waals surface area contributed by atoms with E-state index in [1.165, 1.54) is 5.56 Å². The summed E-state index contributed by atoms with van der Waals surface area (Å²) in [6, 6.07) is 11.9. The molecule has 1 unspecified atom stereocenters. The molecule has 3 rings (SSSR count). The van der Waals surface area contributed by atoms with Crippen LogP contribution in [-0.4, -0.2) is 17.1 Å². The predicted octanol–water partition coefficient (Wildman–Crippen LogP) is 2.16. The molecule has 18 heavy (non-hydrogen) atoms. The highest BCUT2D eigenvalue weighted by molar-refractivity contribution is 5.85. The van der Waals surface area contributed by atoms with Gasteiger partial charge in [-0.3, -0.25) is 14.9 Å². The van der Waals surface area contributed by atoms with Crippen molar-refractivity contribution in [1.29, 1.82) is 0 Å². The zero-order chi connectivity index (χ0) is 12.4. The summed E-state index contributed by atoms with van der Waals surface area (Å²) in [5.74, 6) is 0.298. The topological polar surface area (TPSA) is 46.1 Å². The molecule has 0 saturated carbocycles. The van der Waals surface area contributed by atoms with Crippen molar-refractivity contribution >= 4 is 11.6 Å². The van der Waals surface area contributed by atoms with E-state index in [0.717, 1.165) is 12.2 Å². The molecule has 2 aromatic rings. The van der Waals surface area contributed by atoms with Gasteiger partial charge in [-0.25, -0.2) is 0 Å². The number of nitrogens with one attached hydrogen (secondary N) is 2. The number of para-hydroxylation sites is 1. The first-order chi connectivity index (χ1) is 8.83. The number of benzene rings is 1. The van der Waals surface area contributed by atoms with Crippen LogP contribution in [0.15, 0.2) is 48.8 Å². The monoisotopic (exact) mass is 241 g/mol. The first kappa shape index (κ1) is 10.9. The molecule has 0 aliphatic carbocycles. The SMILES string of the molecule is O=C(CC1CNc2ccccc21)Nn1cccc1. The second-order valence-electron chi connectivity index (χ2n) is 4.49. The number of aromatic nitrogens is 1. The summed E-state index contributed by atoms with van der Waals surface area (Å²) < 4.78 is 1.68. The Labute approximate surface area is 106 Å². The van der Waals surface area contributed by atoms with Crippen molar-refractivity contribution in [1.82, 2.24) is 4.68 Å². The maximum Gasteiger partial charge on any atom is 0.239 e. The zero-order valence-electron chi connectivity index (χ0n) is 9.97. The fraction of sp³-hybridized carbons (Fsp3) is 0.214. The third kappa shape index (κ3) is 2.09. The average molecular weight is 241 g/mol. The van der Waals surface area contributed by atoms with Gasteiger partial charge in [0.05, 0.1) is 0 Å². The lowest BCUT2D eigenvalue weighted by atomic mass is 9.98. The van der Waals surface area contributed by atoms with Crippen LogP contribution in [0, 0.1) is 0 Å². The number of hydrogen-bond donors (Lipinski definition) is 2. The van der Waals surface area contributed by atoms with E-state index in [4.69, 9.17) is 0 Å². The van der Waals surface area contributed by atoms with E-state index in [1.807, 2.05) is 36.7 Å². The molecule has 0 fully saturated rings. The molecule has 1 aromatic heterocycles. The molecular weight excluding hydrogens is 226 g/mol. The van der Waals surface area contributed by atoms with Crippen LogP contribution in [0.5, 0.6) is 0 Å². The average Bonchev–Trinajstić information content (AvgIpc) is 3.00. The van der Waals surface area contributed by atoms with Crippen LogP contribution < -0.4 is 10.7 Å². The highest BCUT2D eigenvalue weighted by atomic mass is 16.2. The number of hydrogen-bond acceptors (Lipinski definition) is 2. The molecule has 92 valence electrons. The minimum atomic E-state index is 0.0368. The molecule has 4 nitrogen and oxygen atoms in total. The van der Waals surface area contributed by atoms with E-state index in [1.54, 1.807) is 4.68 Å². The number of fused-ring (bicyclic) bond motifs is 1. The first-order valence-electron chi connectivity index (χ1n) is 6.08. The van der Waals surface area contributed by atoms with Crippen molar-refractivity contribution in [3.63, 3.8) is 0 Å². The van der Waals surface area contributed by atoms with Crippen LogP contribution in [0.2, 0.25) is 0 Å². The Morgan fingerprint density at radius 2 is 2.06 bits per heavy atom.